The van der Waals surface area contributed by atoms with Gasteiger partial charge in [-0.1, -0.05) is 36.4 Å². The Morgan fingerprint density at radius 2 is 1.75 bits per heavy atom. The molecule has 180 valence electrons. The summed E-state index contributed by atoms with van der Waals surface area (Å²) in [6.07, 6.45) is 3.54. The molecule has 1 N–H and O–H groups in total. The van der Waals surface area contributed by atoms with E-state index in [1.54, 1.807) is 41.6 Å². The SMILES string of the molecule is O=C(Cc1cccs1)Nc1c(C(=O)N(Cc2ccc(F)cc2)Cc2cccnc2)oc2ccccc12. The summed E-state index contributed by atoms with van der Waals surface area (Å²) in [4.78, 5) is 33.4. The number of carbonyl (C=O) groups excluding carboxylic acids is 2. The van der Waals surface area contributed by atoms with Crippen molar-refractivity contribution in [3.05, 3.63) is 118 Å². The third kappa shape index (κ3) is 5.34. The lowest BCUT2D eigenvalue weighted by Crippen LogP contribution is -2.31. The van der Waals surface area contributed by atoms with Crippen molar-refractivity contribution in [3.8, 4) is 0 Å². The minimum atomic E-state index is -0.397. The number of amides is 2. The van der Waals surface area contributed by atoms with Crippen LogP contribution in [0.15, 0.2) is 95.0 Å². The molecule has 3 heterocycles. The van der Waals surface area contributed by atoms with E-state index in [1.807, 2.05) is 41.8 Å². The van der Waals surface area contributed by atoms with Gasteiger partial charge >= 0.3 is 0 Å². The van der Waals surface area contributed by atoms with E-state index in [2.05, 4.69) is 10.3 Å². The third-order valence-electron chi connectivity index (χ3n) is 5.64. The Morgan fingerprint density at radius 1 is 0.944 bits per heavy atom. The first-order valence-corrected chi connectivity index (χ1v) is 12.2. The number of anilines is 1. The zero-order valence-electron chi connectivity index (χ0n) is 19.2. The van der Waals surface area contributed by atoms with Crippen LogP contribution in [-0.2, 0) is 24.3 Å². The Morgan fingerprint density at radius 3 is 2.50 bits per heavy atom. The Bertz CT molecular complexity index is 1480. The van der Waals surface area contributed by atoms with Gasteiger partial charge in [0.1, 0.15) is 17.1 Å². The van der Waals surface area contributed by atoms with E-state index in [-0.39, 0.29) is 37.0 Å². The molecule has 8 heteroatoms. The van der Waals surface area contributed by atoms with E-state index in [4.69, 9.17) is 4.42 Å². The van der Waals surface area contributed by atoms with Crippen LogP contribution in [0.25, 0.3) is 11.0 Å². The summed E-state index contributed by atoms with van der Waals surface area (Å²) in [5, 5.41) is 5.46. The number of pyridine rings is 1. The largest absolute Gasteiger partial charge is 0.449 e. The molecule has 0 fully saturated rings. The number of rotatable bonds is 8. The Balaban J connectivity index is 1.50. The zero-order chi connectivity index (χ0) is 24.9. The predicted molar refractivity (Wildman–Crippen MR) is 137 cm³/mol. The van der Waals surface area contributed by atoms with Gasteiger partial charge < -0.3 is 14.6 Å². The lowest BCUT2D eigenvalue weighted by molar-refractivity contribution is -0.115. The minimum Gasteiger partial charge on any atom is -0.449 e. The second kappa shape index (κ2) is 10.5. The molecule has 0 spiro atoms. The Kier molecular flexibility index (Phi) is 6.86. The molecule has 0 unspecified atom stereocenters. The first-order valence-electron chi connectivity index (χ1n) is 11.3. The van der Waals surface area contributed by atoms with E-state index in [1.165, 1.54) is 23.5 Å². The highest BCUT2D eigenvalue weighted by Crippen LogP contribution is 2.33. The van der Waals surface area contributed by atoms with Crippen LogP contribution in [0.1, 0.15) is 26.6 Å². The molecule has 3 aromatic heterocycles. The number of hydrogen-bond donors (Lipinski definition) is 1. The summed E-state index contributed by atoms with van der Waals surface area (Å²) in [5.41, 5.74) is 2.42. The number of hydrogen-bond acceptors (Lipinski definition) is 5. The number of nitrogens with zero attached hydrogens (tertiary/aromatic N) is 2. The molecular weight excluding hydrogens is 477 g/mol. The smallest absolute Gasteiger partial charge is 0.292 e. The Hall–Kier alpha value is -4.30. The molecule has 0 aliphatic heterocycles. The second-order valence-corrected chi connectivity index (χ2v) is 9.29. The molecular formula is C28H22FN3O3S. The number of aromatic nitrogens is 1. The van der Waals surface area contributed by atoms with Crippen LogP contribution in [0.5, 0.6) is 0 Å². The highest BCUT2D eigenvalue weighted by atomic mass is 32.1. The van der Waals surface area contributed by atoms with Gasteiger partial charge in [-0.05, 0) is 52.9 Å². The average molecular weight is 500 g/mol. The lowest BCUT2D eigenvalue weighted by atomic mass is 10.1. The summed E-state index contributed by atoms with van der Waals surface area (Å²) in [6.45, 7) is 0.470. The van der Waals surface area contributed by atoms with E-state index < -0.39 is 5.91 Å². The number of halogens is 1. The first kappa shape index (κ1) is 23.4. The van der Waals surface area contributed by atoms with Gasteiger partial charge in [-0.15, -0.1) is 11.3 Å². The van der Waals surface area contributed by atoms with E-state index in [9.17, 15) is 14.0 Å². The van der Waals surface area contributed by atoms with Crippen molar-refractivity contribution in [1.29, 1.82) is 0 Å². The normalized spacial score (nSPS) is 10.9. The summed E-state index contributed by atoms with van der Waals surface area (Å²) >= 11 is 1.49. The number of benzene rings is 2. The molecule has 0 aliphatic rings. The fourth-order valence-electron chi connectivity index (χ4n) is 3.94. The number of para-hydroxylation sites is 1. The third-order valence-corrected chi connectivity index (χ3v) is 6.52. The summed E-state index contributed by atoms with van der Waals surface area (Å²) in [7, 11) is 0. The maximum absolute atomic E-state index is 13.9. The van der Waals surface area contributed by atoms with Crippen molar-refractivity contribution in [2.24, 2.45) is 0 Å². The fourth-order valence-corrected chi connectivity index (χ4v) is 4.64. The zero-order valence-corrected chi connectivity index (χ0v) is 20.0. The van der Waals surface area contributed by atoms with E-state index >= 15 is 0 Å². The summed E-state index contributed by atoms with van der Waals surface area (Å²) in [6, 6.07) is 20.7. The standard InChI is InChI=1S/C28H22FN3O3S/c29-21-11-9-19(10-12-21)17-32(18-20-5-3-13-30-16-20)28(34)27-26(23-7-1-2-8-24(23)35-27)31-25(33)15-22-6-4-14-36-22/h1-14,16H,15,17-18H2,(H,31,33). The molecule has 0 saturated carbocycles. The van der Waals surface area contributed by atoms with Gasteiger partial charge in [0.25, 0.3) is 5.91 Å². The van der Waals surface area contributed by atoms with Crippen LogP contribution in [-0.4, -0.2) is 21.7 Å². The summed E-state index contributed by atoms with van der Waals surface area (Å²) in [5.74, 6) is -0.945. The van der Waals surface area contributed by atoms with Crippen LogP contribution >= 0.6 is 11.3 Å². The van der Waals surface area contributed by atoms with Gasteiger partial charge in [0, 0.05) is 35.7 Å². The maximum Gasteiger partial charge on any atom is 0.292 e. The number of furan rings is 1. The molecule has 2 aromatic carbocycles. The number of nitrogens with one attached hydrogen (secondary N) is 1. The molecule has 5 aromatic rings. The number of thiophene rings is 1. The van der Waals surface area contributed by atoms with Crippen molar-refractivity contribution in [3.63, 3.8) is 0 Å². The van der Waals surface area contributed by atoms with Gasteiger partial charge in [-0.25, -0.2) is 4.39 Å². The second-order valence-electron chi connectivity index (χ2n) is 8.26. The van der Waals surface area contributed by atoms with Crippen LogP contribution in [0, 0.1) is 5.82 Å². The van der Waals surface area contributed by atoms with Crippen LogP contribution in [0.2, 0.25) is 0 Å². The van der Waals surface area contributed by atoms with Gasteiger partial charge in [0.2, 0.25) is 11.7 Å². The van der Waals surface area contributed by atoms with Gasteiger partial charge in [0.05, 0.1) is 6.42 Å². The van der Waals surface area contributed by atoms with Crippen molar-refractivity contribution < 1.29 is 18.4 Å². The van der Waals surface area contributed by atoms with Gasteiger partial charge in [0.15, 0.2) is 0 Å². The van der Waals surface area contributed by atoms with Crippen molar-refractivity contribution in [2.45, 2.75) is 19.5 Å². The molecule has 6 nitrogen and oxygen atoms in total. The molecule has 0 bridgehead atoms. The monoisotopic (exact) mass is 499 g/mol. The molecule has 0 saturated heterocycles. The number of fused-ring (bicyclic) bond motifs is 1. The van der Waals surface area contributed by atoms with Crippen LogP contribution in [0.4, 0.5) is 10.1 Å². The molecule has 36 heavy (non-hydrogen) atoms. The molecule has 0 atom stereocenters. The average Bonchev–Trinajstić information content (AvgIpc) is 3.53. The van der Waals surface area contributed by atoms with E-state index in [0.717, 1.165) is 16.0 Å². The van der Waals surface area contributed by atoms with Gasteiger partial charge in [-0.3, -0.25) is 14.6 Å². The maximum atomic E-state index is 13.9. The molecule has 2 amide bonds. The molecule has 0 radical (unpaired) electrons. The van der Waals surface area contributed by atoms with Crippen LogP contribution in [0.3, 0.4) is 0 Å². The van der Waals surface area contributed by atoms with Gasteiger partial charge in [-0.2, -0.15) is 0 Å². The van der Waals surface area contributed by atoms with Crippen molar-refractivity contribution in [2.75, 3.05) is 5.32 Å². The highest BCUT2D eigenvalue weighted by molar-refractivity contribution is 7.10. The van der Waals surface area contributed by atoms with Crippen molar-refractivity contribution in [1.82, 2.24) is 9.88 Å². The predicted octanol–water partition coefficient (Wildman–Crippen LogP) is 6.05. The highest BCUT2D eigenvalue weighted by Gasteiger charge is 2.27. The topological polar surface area (TPSA) is 75.4 Å². The lowest BCUT2D eigenvalue weighted by Gasteiger charge is -2.22. The fraction of sp³-hybridized carbons (Fsp3) is 0.107. The minimum absolute atomic E-state index is 0.0433. The molecule has 0 aliphatic carbocycles. The van der Waals surface area contributed by atoms with Crippen molar-refractivity contribution >= 4 is 39.8 Å². The molecule has 5 rings (SSSR count). The number of carbonyl (C=O) groups is 2. The Labute approximate surface area is 211 Å². The van der Waals surface area contributed by atoms with Crippen LogP contribution < -0.4 is 5.32 Å². The quantitative estimate of drug-likeness (QED) is 0.282. The first-order chi connectivity index (χ1) is 17.6. The van der Waals surface area contributed by atoms with E-state index in [0.29, 0.717) is 16.7 Å². The summed E-state index contributed by atoms with van der Waals surface area (Å²) < 4.78 is 19.5.